The fraction of sp³-hybridized carbons (Fsp3) is 0.0196. The van der Waals surface area contributed by atoms with Crippen molar-refractivity contribution in [3.05, 3.63) is 176 Å². The number of benzene rings is 7. The van der Waals surface area contributed by atoms with Crippen LogP contribution < -0.4 is 0 Å². The Kier molecular flexibility index (Phi) is 6.54. The summed E-state index contributed by atoms with van der Waals surface area (Å²) >= 11 is 1.76. The molecule has 5 heteroatoms. The summed E-state index contributed by atoms with van der Waals surface area (Å²) in [5.74, 6) is 0.738. The third kappa shape index (κ3) is 4.23. The molecule has 0 bridgehead atoms. The lowest BCUT2D eigenvalue weighted by Crippen LogP contribution is -1.96. The van der Waals surface area contributed by atoms with Crippen molar-refractivity contribution >= 4 is 97.5 Å². The van der Waals surface area contributed by atoms with Gasteiger partial charge in [0, 0.05) is 64.9 Å². The molecule has 7 aromatic carbocycles. The van der Waals surface area contributed by atoms with Gasteiger partial charge in [0.15, 0.2) is 5.82 Å². The van der Waals surface area contributed by atoms with Gasteiger partial charge in [-0.3, -0.25) is 0 Å². The first-order chi connectivity index (χ1) is 27.7. The molecule has 5 aromatic heterocycles. The van der Waals surface area contributed by atoms with Crippen molar-refractivity contribution in [3.63, 3.8) is 0 Å². The van der Waals surface area contributed by atoms with Crippen LogP contribution in [-0.2, 0) is 0 Å². The Morgan fingerprint density at radius 3 is 2.20 bits per heavy atom. The van der Waals surface area contributed by atoms with Gasteiger partial charge in [-0.2, -0.15) is 0 Å². The summed E-state index contributed by atoms with van der Waals surface area (Å²) in [5, 5.41) is 9.94. The van der Waals surface area contributed by atoms with Crippen LogP contribution in [0.3, 0.4) is 0 Å². The van der Waals surface area contributed by atoms with Crippen molar-refractivity contribution in [2.45, 2.75) is 6.92 Å². The van der Waals surface area contributed by atoms with E-state index >= 15 is 0 Å². The zero-order valence-electron chi connectivity index (χ0n) is 30.5. The Morgan fingerprint density at radius 1 is 0.607 bits per heavy atom. The number of thiophene rings is 1. The Hall–Kier alpha value is -7.08. The summed E-state index contributed by atoms with van der Waals surface area (Å²) in [6, 6.07) is 52.5. The van der Waals surface area contributed by atoms with Gasteiger partial charge in [-0.05, 0) is 54.3 Å². The van der Waals surface area contributed by atoms with Crippen molar-refractivity contribution in [1.82, 2.24) is 18.9 Å². The highest BCUT2D eigenvalue weighted by atomic mass is 32.1. The van der Waals surface area contributed by atoms with Gasteiger partial charge in [0.05, 0.1) is 38.0 Å². The molecule has 56 heavy (non-hydrogen) atoms. The van der Waals surface area contributed by atoms with E-state index < -0.39 is 0 Å². The van der Waals surface area contributed by atoms with Crippen molar-refractivity contribution in [1.29, 1.82) is 0 Å². The zero-order chi connectivity index (χ0) is 37.1. The minimum atomic E-state index is 0.738. The number of allylic oxidation sites excluding steroid dienone is 2. The second-order valence-corrected chi connectivity index (χ2v) is 15.7. The molecule has 0 radical (unpaired) electrons. The molecule has 0 amide bonds. The molecule has 12 rings (SSSR count). The normalized spacial score (nSPS) is 12.4. The van der Waals surface area contributed by atoms with Crippen molar-refractivity contribution in [2.24, 2.45) is 0 Å². The summed E-state index contributed by atoms with van der Waals surface area (Å²) in [5.41, 5.74) is 12.5. The van der Waals surface area contributed by atoms with E-state index in [-0.39, 0.29) is 0 Å². The van der Waals surface area contributed by atoms with Crippen LogP contribution in [0.1, 0.15) is 11.3 Å². The summed E-state index contributed by atoms with van der Waals surface area (Å²) in [6.07, 6.45) is 6.13. The van der Waals surface area contributed by atoms with E-state index in [9.17, 15) is 0 Å². The van der Waals surface area contributed by atoms with Gasteiger partial charge in [-0.25, -0.2) is 9.97 Å². The average Bonchev–Trinajstić information content (AvgIpc) is 3.98. The zero-order valence-corrected chi connectivity index (χ0v) is 31.3. The number of aromatic nitrogens is 4. The second-order valence-electron chi connectivity index (χ2n) is 14.6. The van der Waals surface area contributed by atoms with Crippen molar-refractivity contribution in [3.8, 4) is 28.3 Å². The van der Waals surface area contributed by atoms with E-state index in [4.69, 9.17) is 9.97 Å². The van der Waals surface area contributed by atoms with Gasteiger partial charge in [0.2, 0.25) is 0 Å². The third-order valence-electron chi connectivity index (χ3n) is 11.6. The standard InChI is InChI=1S/C51H32N4S/c1-3-4-20-41-30(2)39-29-40-36-18-10-12-21-42(36)54(49(40)44-38-28-25-31-14-8-9-17-35(31)47(38)55(41)48(39)44)34-26-23-32(24-27-34)45-50-46(37-19-11-13-22-43(37)56-50)53-51(52-45)33-15-6-5-7-16-33/h3-29H,1H2,2H3/b20-4-. The molecule has 0 saturated carbocycles. The van der Waals surface area contributed by atoms with Gasteiger partial charge in [-0.1, -0.05) is 134 Å². The molecule has 0 atom stereocenters. The first-order valence-corrected chi connectivity index (χ1v) is 19.8. The maximum atomic E-state index is 5.26. The smallest absolute Gasteiger partial charge is 0.160 e. The minimum absolute atomic E-state index is 0.738. The Labute approximate surface area is 325 Å². The van der Waals surface area contributed by atoms with Gasteiger partial charge >= 0.3 is 0 Å². The van der Waals surface area contributed by atoms with Gasteiger partial charge in [0.25, 0.3) is 0 Å². The average molecular weight is 733 g/mol. The molecule has 0 N–H and O–H groups in total. The Balaban J connectivity index is 1.16. The van der Waals surface area contributed by atoms with Crippen LogP contribution in [0, 0.1) is 6.92 Å². The van der Waals surface area contributed by atoms with Crippen LogP contribution in [0.15, 0.2) is 164 Å². The first-order valence-electron chi connectivity index (χ1n) is 19.0. The molecular weight excluding hydrogens is 701 g/mol. The molecule has 0 saturated heterocycles. The number of aryl methyl sites for hydroxylation is 1. The maximum absolute atomic E-state index is 5.26. The largest absolute Gasteiger partial charge is 0.309 e. The van der Waals surface area contributed by atoms with E-state index in [0.29, 0.717) is 0 Å². The molecule has 262 valence electrons. The highest BCUT2D eigenvalue weighted by molar-refractivity contribution is 7.26. The summed E-state index contributed by atoms with van der Waals surface area (Å²) in [4.78, 5) is 10.4. The second kappa shape index (κ2) is 11.7. The molecule has 4 nitrogen and oxygen atoms in total. The lowest BCUT2D eigenvalue weighted by atomic mass is 10.0. The molecule has 0 aliphatic heterocycles. The lowest BCUT2D eigenvalue weighted by molar-refractivity contribution is 1.18. The highest BCUT2D eigenvalue weighted by Crippen LogP contribution is 2.47. The van der Waals surface area contributed by atoms with Crippen LogP contribution in [0.4, 0.5) is 0 Å². The van der Waals surface area contributed by atoms with Crippen LogP contribution in [0.2, 0.25) is 0 Å². The fourth-order valence-corrected chi connectivity index (χ4v) is 10.3. The van der Waals surface area contributed by atoms with Crippen LogP contribution in [-0.4, -0.2) is 18.9 Å². The fourth-order valence-electron chi connectivity index (χ4n) is 9.14. The van der Waals surface area contributed by atoms with Gasteiger partial charge < -0.3 is 8.97 Å². The van der Waals surface area contributed by atoms with Crippen LogP contribution in [0.5, 0.6) is 0 Å². The maximum Gasteiger partial charge on any atom is 0.160 e. The minimum Gasteiger partial charge on any atom is -0.309 e. The van der Waals surface area contributed by atoms with Gasteiger partial charge in [0.1, 0.15) is 0 Å². The third-order valence-corrected chi connectivity index (χ3v) is 12.8. The molecule has 0 aliphatic rings. The van der Waals surface area contributed by atoms with Gasteiger partial charge in [-0.15, -0.1) is 11.3 Å². The molecular formula is C51H32N4S. The van der Waals surface area contributed by atoms with E-state index in [1.165, 1.54) is 75.7 Å². The number of rotatable bonds is 5. The molecule has 5 heterocycles. The number of fused-ring (bicyclic) bond motifs is 12. The van der Waals surface area contributed by atoms with E-state index in [1.807, 2.05) is 24.3 Å². The molecule has 12 aromatic rings. The van der Waals surface area contributed by atoms with E-state index in [1.54, 1.807) is 11.3 Å². The Morgan fingerprint density at radius 2 is 1.36 bits per heavy atom. The molecule has 0 unspecified atom stereocenters. The summed E-state index contributed by atoms with van der Waals surface area (Å²) in [7, 11) is 0. The first kappa shape index (κ1) is 31.3. The molecule has 0 spiro atoms. The monoisotopic (exact) mass is 732 g/mol. The van der Waals surface area contributed by atoms with Crippen LogP contribution in [0.25, 0.3) is 114 Å². The topological polar surface area (TPSA) is 35.1 Å². The molecule has 0 fully saturated rings. The summed E-state index contributed by atoms with van der Waals surface area (Å²) in [6.45, 7) is 6.26. The Bertz CT molecular complexity index is 3600. The van der Waals surface area contributed by atoms with E-state index in [0.717, 1.165) is 43.9 Å². The van der Waals surface area contributed by atoms with Crippen molar-refractivity contribution < 1.29 is 0 Å². The van der Waals surface area contributed by atoms with E-state index in [2.05, 4.69) is 162 Å². The number of nitrogens with zero attached hydrogens (tertiary/aromatic N) is 4. The predicted octanol–water partition coefficient (Wildman–Crippen LogP) is 13.9. The highest BCUT2D eigenvalue weighted by Gasteiger charge is 2.26. The predicted molar refractivity (Wildman–Crippen MR) is 239 cm³/mol. The van der Waals surface area contributed by atoms with Crippen LogP contribution >= 0.6 is 11.3 Å². The number of para-hydroxylation sites is 1. The SMILES string of the molecule is C=C/C=C\c1c(C)c2cc3c4ccccc4n(-c4ccc(-c5nc(-c6ccccc6)nc6c5sc5ccccc56)cc4)c3c3c4ccc5ccccc5c4n1c23. The molecule has 0 aliphatic carbocycles. The number of hydrogen-bond acceptors (Lipinski definition) is 3. The van der Waals surface area contributed by atoms with Crippen molar-refractivity contribution in [2.75, 3.05) is 0 Å². The number of hydrogen-bond donors (Lipinski definition) is 0. The summed E-state index contributed by atoms with van der Waals surface area (Å²) < 4.78 is 7.29. The quantitative estimate of drug-likeness (QED) is 0.165. The lowest BCUT2D eigenvalue weighted by Gasteiger charge is -2.11.